The van der Waals surface area contributed by atoms with Crippen LogP contribution in [0.1, 0.15) is 6.42 Å². The lowest BCUT2D eigenvalue weighted by Gasteiger charge is -2.22. The van der Waals surface area contributed by atoms with E-state index in [4.69, 9.17) is 27.9 Å². The van der Waals surface area contributed by atoms with Gasteiger partial charge in [0, 0.05) is 25.7 Å². The van der Waals surface area contributed by atoms with Gasteiger partial charge in [-0.1, -0.05) is 47.5 Å². The average molecular weight is 379 g/mol. The summed E-state index contributed by atoms with van der Waals surface area (Å²) in [6, 6.07) is 13.1. The Morgan fingerprint density at radius 2 is 1.96 bits per heavy atom. The average Bonchev–Trinajstić information content (AvgIpc) is 3.01. The number of likely N-dealkylation sites (N-methyl/N-ethyl adjacent to an activating group) is 1. The molecule has 4 nitrogen and oxygen atoms in total. The minimum atomic E-state index is -0.354. The maximum absolute atomic E-state index is 12.5. The molecule has 2 aromatic carbocycles. The van der Waals surface area contributed by atoms with Crippen LogP contribution < -0.4 is 4.90 Å². The van der Waals surface area contributed by atoms with Gasteiger partial charge >= 0.3 is 6.09 Å². The minimum Gasteiger partial charge on any atom is -0.444 e. The zero-order valence-corrected chi connectivity index (χ0v) is 15.7. The fraction of sp³-hybridized carbons (Fsp3) is 0.316. The highest BCUT2D eigenvalue weighted by atomic mass is 35.5. The van der Waals surface area contributed by atoms with E-state index in [1.807, 2.05) is 37.4 Å². The van der Waals surface area contributed by atoms with E-state index in [0.29, 0.717) is 10.0 Å². The summed E-state index contributed by atoms with van der Waals surface area (Å²) >= 11 is 12.2. The highest BCUT2D eigenvalue weighted by Gasteiger charge is 2.25. The Labute approximate surface area is 157 Å². The highest BCUT2D eigenvalue weighted by molar-refractivity contribution is 6.42. The molecule has 0 unspecified atom stereocenters. The maximum atomic E-state index is 12.5. The number of likely N-dealkylation sites (tertiary alicyclic amines) is 1. The Morgan fingerprint density at radius 1 is 1.20 bits per heavy atom. The number of nitrogens with zero attached hydrogens (tertiary/aromatic N) is 2. The highest BCUT2D eigenvalue weighted by Crippen LogP contribution is 2.34. The second kappa shape index (κ2) is 7.65. The first-order valence-electron chi connectivity index (χ1n) is 8.13. The number of benzene rings is 2. The number of hydrogen-bond acceptors (Lipinski definition) is 3. The molecule has 0 N–H and O–H groups in total. The number of anilines is 1. The summed E-state index contributed by atoms with van der Waals surface area (Å²) < 4.78 is 5.63. The molecule has 132 valence electrons. The first-order chi connectivity index (χ1) is 12.0. The van der Waals surface area contributed by atoms with E-state index in [2.05, 4.69) is 4.90 Å². The van der Waals surface area contributed by atoms with E-state index in [0.717, 1.165) is 36.3 Å². The van der Waals surface area contributed by atoms with E-state index in [1.54, 1.807) is 19.2 Å². The second-order valence-electron chi connectivity index (χ2n) is 6.26. The predicted octanol–water partition coefficient (Wildman–Crippen LogP) is 4.94. The molecule has 1 aliphatic heterocycles. The lowest BCUT2D eigenvalue weighted by atomic mass is 10.0. The summed E-state index contributed by atoms with van der Waals surface area (Å²) in [5.41, 5.74) is 2.55. The zero-order valence-electron chi connectivity index (χ0n) is 14.2. The van der Waals surface area contributed by atoms with E-state index >= 15 is 0 Å². The summed E-state index contributed by atoms with van der Waals surface area (Å²) in [5, 5.41) is 0.981. The summed E-state index contributed by atoms with van der Waals surface area (Å²) in [6.07, 6.45) is 0.453. The van der Waals surface area contributed by atoms with Crippen LogP contribution in [0.25, 0.3) is 11.1 Å². The van der Waals surface area contributed by atoms with Crippen molar-refractivity contribution in [1.29, 1.82) is 0 Å². The number of para-hydroxylation sites is 1. The van der Waals surface area contributed by atoms with Crippen LogP contribution in [0.4, 0.5) is 10.5 Å². The molecule has 1 amide bonds. The number of rotatable bonds is 3. The van der Waals surface area contributed by atoms with E-state index in [9.17, 15) is 4.79 Å². The van der Waals surface area contributed by atoms with Crippen molar-refractivity contribution >= 4 is 35.0 Å². The van der Waals surface area contributed by atoms with Crippen LogP contribution >= 0.6 is 23.2 Å². The SMILES string of the molecule is CN1CC[C@@H](OC(=O)N(C)c2ccccc2-c2ccc(Cl)c(Cl)c2)C1. The largest absolute Gasteiger partial charge is 0.444 e. The van der Waals surface area contributed by atoms with Crippen LogP contribution in [-0.2, 0) is 4.74 Å². The quantitative estimate of drug-likeness (QED) is 0.758. The molecule has 0 spiro atoms. The Balaban J connectivity index is 1.84. The van der Waals surface area contributed by atoms with Crippen LogP contribution in [0.2, 0.25) is 10.0 Å². The number of hydrogen-bond donors (Lipinski definition) is 0. The summed E-state index contributed by atoms with van der Waals surface area (Å²) in [4.78, 5) is 16.2. The van der Waals surface area contributed by atoms with E-state index < -0.39 is 0 Å². The fourth-order valence-electron chi connectivity index (χ4n) is 2.98. The van der Waals surface area contributed by atoms with Crippen molar-refractivity contribution in [2.24, 2.45) is 0 Å². The van der Waals surface area contributed by atoms with Gasteiger partial charge in [-0.15, -0.1) is 0 Å². The Bertz CT molecular complexity index is 782. The molecule has 25 heavy (non-hydrogen) atoms. The van der Waals surface area contributed by atoms with Gasteiger partial charge in [-0.2, -0.15) is 0 Å². The van der Waals surface area contributed by atoms with E-state index in [-0.39, 0.29) is 12.2 Å². The molecule has 3 rings (SSSR count). The lowest BCUT2D eigenvalue weighted by molar-refractivity contribution is 0.110. The van der Waals surface area contributed by atoms with Gasteiger partial charge in [0.1, 0.15) is 6.10 Å². The number of carbonyl (C=O) groups is 1. The predicted molar refractivity (Wildman–Crippen MR) is 103 cm³/mol. The van der Waals surface area contributed by atoms with Gasteiger partial charge < -0.3 is 9.64 Å². The number of ether oxygens (including phenoxy) is 1. The smallest absolute Gasteiger partial charge is 0.414 e. The Kier molecular flexibility index (Phi) is 5.52. The summed E-state index contributed by atoms with van der Waals surface area (Å²) in [5.74, 6) is 0. The van der Waals surface area contributed by atoms with Crippen molar-refractivity contribution in [3.63, 3.8) is 0 Å². The molecule has 6 heteroatoms. The molecule has 1 saturated heterocycles. The molecule has 2 aromatic rings. The van der Waals surface area contributed by atoms with Crippen LogP contribution in [0.15, 0.2) is 42.5 Å². The number of amides is 1. The molecule has 0 aromatic heterocycles. The second-order valence-corrected chi connectivity index (χ2v) is 7.08. The molecule has 1 aliphatic rings. The molecule has 0 bridgehead atoms. The van der Waals surface area contributed by atoms with E-state index in [1.165, 1.54) is 4.90 Å². The maximum Gasteiger partial charge on any atom is 0.414 e. The van der Waals surface area contributed by atoms with Crippen molar-refractivity contribution in [1.82, 2.24) is 4.90 Å². The normalized spacial score (nSPS) is 17.5. The fourth-order valence-corrected chi connectivity index (χ4v) is 3.28. The monoisotopic (exact) mass is 378 g/mol. The molecular weight excluding hydrogens is 359 g/mol. The van der Waals surface area contributed by atoms with Gasteiger partial charge in [0.05, 0.1) is 15.7 Å². The molecule has 1 fully saturated rings. The van der Waals surface area contributed by atoms with Crippen molar-refractivity contribution in [2.45, 2.75) is 12.5 Å². The van der Waals surface area contributed by atoms with Crippen molar-refractivity contribution in [3.8, 4) is 11.1 Å². The van der Waals surface area contributed by atoms with Crippen LogP contribution in [0.5, 0.6) is 0 Å². The first-order valence-corrected chi connectivity index (χ1v) is 8.88. The van der Waals surface area contributed by atoms with Crippen molar-refractivity contribution in [3.05, 3.63) is 52.5 Å². The minimum absolute atomic E-state index is 0.0583. The third-order valence-corrected chi connectivity index (χ3v) is 5.12. The molecular formula is C19H20Cl2N2O2. The standard InChI is InChI=1S/C19H20Cl2N2O2/c1-22-10-9-14(12-22)25-19(24)23(2)18-6-4-3-5-15(18)13-7-8-16(20)17(21)11-13/h3-8,11,14H,9-10,12H2,1-2H3/t14-/m1/s1. The summed E-state index contributed by atoms with van der Waals surface area (Å²) in [6.45, 7) is 1.72. The Hall–Kier alpha value is -1.75. The van der Waals surface area contributed by atoms with Crippen LogP contribution in [-0.4, -0.2) is 44.3 Å². The third kappa shape index (κ3) is 4.09. The van der Waals surface area contributed by atoms with Gasteiger partial charge in [0.15, 0.2) is 0 Å². The van der Waals surface area contributed by atoms with Gasteiger partial charge in [-0.3, -0.25) is 4.90 Å². The number of carbonyl (C=O) groups excluding carboxylic acids is 1. The molecule has 0 saturated carbocycles. The molecule has 0 radical (unpaired) electrons. The molecule has 1 heterocycles. The number of halogens is 2. The van der Waals surface area contributed by atoms with Crippen molar-refractivity contribution in [2.75, 3.05) is 32.1 Å². The summed E-state index contributed by atoms with van der Waals surface area (Å²) in [7, 11) is 3.74. The lowest BCUT2D eigenvalue weighted by Crippen LogP contribution is -2.32. The molecule has 1 atom stereocenters. The molecule has 0 aliphatic carbocycles. The Morgan fingerprint density at radius 3 is 2.64 bits per heavy atom. The van der Waals surface area contributed by atoms with Gasteiger partial charge in [0.2, 0.25) is 0 Å². The third-order valence-electron chi connectivity index (χ3n) is 4.39. The van der Waals surface area contributed by atoms with Gasteiger partial charge in [-0.05, 0) is 37.2 Å². The topological polar surface area (TPSA) is 32.8 Å². The van der Waals surface area contributed by atoms with Crippen molar-refractivity contribution < 1.29 is 9.53 Å². The first kappa shape index (κ1) is 18.1. The zero-order chi connectivity index (χ0) is 18.0. The van der Waals surface area contributed by atoms with Gasteiger partial charge in [-0.25, -0.2) is 4.79 Å². The van der Waals surface area contributed by atoms with Crippen LogP contribution in [0.3, 0.4) is 0 Å². The van der Waals surface area contributed by atoms with Gasteiger partial charge in [0.25, 0.3) is 0 Å². The van der Waals surface area contributed by atoms with Crippen LogP contribution in [0, 0.1) is 0 Å².